The quantitative estimate of drug-likeness (QED) is 0.576. The Kier molecular flexibility index (Phi) is 3.36. The van der Waals surface area contributed by atoms with Gasteiger partial charge in [0.2, 0.25) is 0 Å². The molecule has 3 rings (SSSR count). The summed E-state index contributed by atoms with van der Waals surface area (Å²) in [5.41, 5.74) is 4.15. The minimum Gasteiger partial charge on any atom is -0.228 e. The summed E-state index contributed by atoms with van der Waals surface area (Å²) in [4.78, 5) is 8.94. The van der Waals surface area contributed by atoms with Crippen molar-refractivity contribution in [1.82, 2.24) is 9.97 Å². The first-order valence-electron chi connectivity index (χ1n) is 6.25. The number of aromatic nitrogens is 2. The Labute approximate surface area is 127 Å². The van der Waals surface area contributed by atoms with Gasteiger partial charge < -0.3 is 0 Å². The molecule has 0 fully saturated rings. The molecule has 1 heterocycles. The van der Waals surface area contributed by atoms with E-state index in [2.05, 4.69) is 35.9 Å². The molecular weight excluding hydrogens is 291 g/mol. The zero-order chi connectivity index (χ0) is 14.3. The number of nitrogens with zero attached hydrogens (tertiary/aromatic N) is 2. The number of rotatable bonds is 1. The summed E-state index contributed by atoms with van der Waals surface area (Å²) < 4.78 is 0. The largest absolute Gasteiger partial charge is 0.228 e. The molecule has 3 aromatic rings. The van der Waals surface area contributed by atoms with Crippen molar-refractivity contribution in [3.05, 3.63) is 57.7 Å². The summed E-state index contributed by atoms with van der Waals surface area (Å²) in [6.07, 6.45) is 0. The highest BCUT2D eigenvalue weighted by atomic mass is 35.5. The van der Waals surface area contributed by atoms with Gasteiger partial charge in [-0.3, -0.25) is 0 Å². The average molecular weight is 303 g/mol. The van der Waals surface area contributed by atoms with Crippen LogP contribution in [0.4, 0.5) is 0 Å². The topological polar surface area (TPSA) is 25.8 Å². The number of halogens is 2. The highest BCUT2D eigenvalue weighted by molar-refractivity contribution is 6.35. The van der Waals surface area contributed by atoms with Crippen LogP contribution >= 0.6 is 23.2 Å². The third kappa shape index (κ3) is 2.37. The van der Waals surface area contributed by atoms with Crippen molar-refractivity contribution < 1.29 is 0 Å². The molecule has 100 valence electrons. The van der Waals surface area contributed by atoms with Crippen molar-refractivity contribution in [2.24, 2.45) is 0 Å². The molecule has 0 unspecified atom stereocenters. The Morgan fingerprint density at radius 3 is 2.40 bits per heavy atom. The molecule has 0 saturated heterocycles. The van der Waals surface area contributed by atoms with Crippen LogP contribution in [-0.4, -0.2) is 9.97 Å². The third-order valence-electron chi connectivity index (χ3n) is 3.38. The molecule has 20 heavy (non-hydrogen) atoms. The Hall–Kier alpha value is -1.64. The van der Waals surface area contributed by atoms with Gasteiger partial charge in [-0.25, -0.2) is 9.97 Å². The van der Waals surface area contributed by atoms with Gasteiger partial charge in [-0.05, 0) is 49.2 Å². The standard InChI is InChI=1S/C16H12Cl2N2/c1-9-3-4-11(7-10(9)2)16-19-14-8-12(17)5-6-13(14)15(18)20-16/h3-8H,1-2H3. The number of hydrogen-bond donors (Lipinski definition) is 0. The van der Waals surface area contributed by atoms with E-state index >= 15 is 0 Å². The van der Waals surface area contributed by atoms with Crippen LogP contribution < -0.4 is 0 Å². The smallest absolute Gasteiger partial charge is 0.161 e. The molecule has 1 aromatic heterocycles. The highest BCUT2D eigenvalue weighted by Crippen LogP contribution is 2.27. The normalized spacial score (nSPS) is 11.0. The fraction of sp³-hybridized carbons (Fsp3) is 0.125. The molecule has 4 heteroatoms. The van der Waals surface area contributed by atoms with Crippen molar-refractivity contribution in [3.8, 4) is 11.4 Å². The summed E-state index contributed by atoms with van der Waals surface area (Å²) in [7, 11) is 0. The molecule has 0 N–H and O–H groups in total. The molecule has 2 aromatic carbocycles. The first-order chi connectivity index (χ1) is 9.54. The molecule has 0 aliphatic heterocycles. The van der Waals surface area contributed by atoms with Crippen LogP contribution in [0.3, 0.4) is 0 Å². The van der Waals surface area contributed by atoms with Crippen LogP contribution in [-0.2, 0) is 0 Å². The molecule has 2 nitrogen and oxygen atoms in total. The van der Waals surface area contributed by atoms with Crippen molar-refractivity contribution in [3.63, 3.8) is 0 Å². The van der Waals surface area contributed by atoms with Gasteiger partial charge in [0, 0.05) is 16.0 Å². The van der Waals surface area contributed by atoms with E-state index in [1.807, 2.05) is 12.1 Å². The lowest BCUT2D eigenvalue weighted by molar-refractivity contribution is 1.22. The molecular formula is C16H12Cl2N2. The zero-order valence-electron chi connectivity index (χ0n) is 11.1. The second-order valence-corrected chi connectivity index (χ2v) is 5.59. The van der Waals surface area contributed by atoms with Crippen LogP contribution in [0, 0.1) is 13.8 Å². The SMILES string of the molecule is Cc1ccc(-c2nc(Cl)c3ccc(Cl)cc3n2)cc1C. The summed E-state index contributed by atoms with van der Waals surface area (Å²) in [5, 5.41) is 1.89. The van der Waals surface area contributed by atoms with Gasteiger partial charge in [-0.15, -0.1) is 0 Å². The lowest BCUT2D eigenvalue weighted by Crippen LogP contribution is -1.93. The van der Waals surface area contributed by atoms with Crippen LogP contribution in [0.5, 0.6) is 0 Å². The highest BCUT2D eigenvalue weighted by Gasteiger charge is 2.09. The first kappa shape index (κ1) is 13.3. The van der Waals surface area contributed by atoms with E-state index in [1.165, 1.54) is 11.1 Å². The molecule has 0 saturated carbocycles. The van der Waals surface area contributed by atoms with Crippen molar-refractivity contribution in [2.75, 3.05) is 0 Å². The Morgan fingerprint density at radius 2 is 1.65 bits per heavy atom. The monoisotopic (exact) mass is 302 g/mol. The van der Waals surface area contributed by atoms with Gasteiger partial charge >= 0.3 is 0 Å². The lowest BCUT2D eigenvalue weighted by atomic mass is 10.1. The number of aryl methyl sites for hydroxylation is 2. The Bertz CT molecular complexity index is 813. The van der Waals surface area contributed by atoms with E-state index < -0.39 is 0 Å². The number of hydrogen-bond acceptors (Lipinski definition) is 2. The average Bonchev–Trinajstić information content (AvgIpc) is 2.41. The van der Waals surface area contributed by atoms with Crippen LogP contribution in [0.15, 0.2) is 36.4 Å². The second-order valence-electron chi connectivity index (χ2n) is 4.80. The Balaban J connectivity index is 2.23. The zero-order valence-corrected chi connectivity index (χ0v) is 12.6. The summed E-state index contributed by atoms with van der Waals surface area (Å²) in [5.74, 6) is 0.618. The molecule has 0 amide bonds. The van der Waals surface area contributed by atoms with Gasteiger partial charge in [-0.1, -0.05) is 35.3 Å². The molecule has 0 radical (unpaired) electrons. The molecule has 0 atom stereocenters. The summed E-state index contributed by atoms with van der Waals surface area (Å²) >= 11 is 12.3. The first-order valence-corrected chi connectivity index (χ1v) is 7.00. The van der Waals surface area contributed by atoms with E-state index in [0.717, 1.165) is 16.5 Å². The van der Waals surface area contributed by atoms with Crippen LogP contribution in [0.1, 0.15) is 11.1 Å². The maximum absolute atomic E-state index is 6.24. The fourth-order valence-electron chi connectivity index (χ4n) is 2.07. The molecule has 0 spiro atoms. The number of fused-ring (bicyclic) bond motifs is 1. The van der Waals surface area contributed by atoms with E-state index in [1.54, 1.807) is 12.1 Å². The maximum atomic E-state index is 6.24. The lowest BCUT2D eigenvalue weighted by Gasteiger charge is -2.07. The summed E-state index contributed by atoms with van der Waals surface area (Å²) in [6, 6.07) is 11.6. The fourth-order valence-corrected chi connectivity index (χ4v) is 2.48. The summed E-state index contributed by atoms with van der Waals surface area (Å²) in [6.45, 7) is 4.14. The van der Waals surface area contributed by atoms with Gasteiger partial charge in [0.1, 0.15) is 5.15 Å². The molecule has 0 aliphatic rings. The van der Waals surface area contributed by atoms with Crippen LogP contribution in [0.2, 0.25) is 10.2 Å². The molecule has 0 aliphatic carbocycles. The van der Waals surface area contributed by atoms with Gasteiger partial charge in [0.05, 0.1) is 5.52 Å². The van der Waals surface area contributed by atoms with E-state index in [-0.39, 0.29) is 0 Å². The van der Waals surface area contributed by atoms with Gasteiger partial charge in [0.15, 0.2) is 5.82 Å². The number of benzene rings is 2. The van der Waals surface area contributed by atoms with E-state index in [4.69, 9.17) is 23.2 Å². The van der Waals surface area contributed by atoms with Crippen molar-refractivity contribution in [1.29, 1.82) is 0 Å². The predicted octanol–water partition coefficient (Wildman–Crippen LogP) is 5.22. The maximum Gasteiger partial charge on any atom is 0.161 e. The van der Waals surface area contributed by atoms with Crippen LogP contribution in [0.25, 0.3) is 22.3 Å². The molecule has 0 bridgehead atoms. The van der Waals surface area contributed by atoms with Gasteiger partial charge in [0.25, 0.3) is 0 Å². The third-order valence-corrected chi connectivity index (χ3v) is 3.90. The Morgan fingerprint density at radius 1 is 0.850 bits per heavy atom. The minimum absolute atomic E-state index is 0.444. The van der Waals surface area contributed by atoms with Crippen molar-refractivity contribution in [2.45, 2.75) is 13.8 Å². The van der Waals surface area contributed by atoms with E-state index in [9.17, 15) is 0 Å². The minimum atomic E-state index is 0.444. The second kappa shape index (κ2) is 5.04. The predicted molar refractivity (Wildman–Crippen MR) is 84.5 cm³/mol. The van der Waals surface area contributed by atoms with E-state index in [0.29, 0.717) is 16.0 Å². The van der Waals surface area contributed by atoms with Crippen molar-refractivity contribution >= 4 is 34.1 Å². The van der Waals surface area contributed by atoms with Gasteiger partial charge in [-0.2, -0.15) is 0 Å².